The Bertz CT molecular complexity index is 488. The highest BCUT2D eigenvalue weighted by molar-refractivity contribution is 6.32. The Balaban J connectivity index is 2.05. The van der Waals surface area contributed by atoms with E-state index in [1.54, 1.807) is 12.4 Å². The van der Waals surface area contributed by atoms with Crippen molar-refractivity contribution in [3.05, 3.63) is 41.3 Å². The molecule has 2 aromatic heterocycles. The molecule has 2 heterocycles. The number of halogens is 1. The van der Waals surface area contributed by atoms with Gasteiger partial charge in [-0.1, -0.05) is 11.6 Å². The zero-order valence-electron chi connectivity index (χ0n) is 8.68. The van der Waals surface area contributed by atoms with Gasteiger partial charge >= 0.3 is 0 Å². The highest BCUT2D eigenvalue weighted by atomic mass is 35.5. The van der Waals surface area contributed by atoms with Crippen molar-refractivity contribution in [1.82, 2.24) is 19.9 Å². The van der Waals surface area contributed by atoms with E-state index in [1.807, 2.05) is 13.0 Å². The van der Waals surface area contributed by atoms with Gasteiger partial charge in [0.15, 0.2) is 0 Å². The monoisotopic (exact) mass is 235 g/mol. The minimum atomic E-state index is 0.494. The summed E-state index contributed by atoms with van der Waals surface area (Å²) in [7, 11) is 0. The molecule has 0 spiro atoms. The number of hydrogen-bond acceptors (Lipinski definition) is 5. The van der Waals surface area contributed by atoms with Crippen LogP contribution in [0.2, 0.25) is 5.02 Å². The second kappa shape index (κ2) is 4.85. The van der Waals surface area contributed by atoms with Crippen molar-refractivity contribution >= 4 is 17.4 Å². The van der Waals surface area contributed by atoms with E-state index in [0.29, 0.717) is 17.4 Å². The van der Waals surface area contributed by atoms with E-state index in [2.05, 4.69) is 25.3 Å². The Labute approximate surface area is 98.0 Å². The molecule has 0 aliphatic heterocycles. The fourth-order valence-electron chi connectivity index (χ4n) is 1.22. The number of rotatable bonds is 3. The molecule has 0 saturated heterocycles. The van der Waals surface area contributed by atoms with Gasteiger partial charge in [0, 0.05) is 6.20 Å². The zero-order valence-corrected chi connectivity index (χ0v) is 9.44. The fraction of sp³-hybridized carbons (Fsp3) is 0.200. The Hall–Kier alpha value is -1.75. The van der Waals surface area contributed by atoms with Crippen LogP contribution < -0.4 is 5.32 Å². The number of hydrogen-bond donors (Lipinski definition) is 1. The van der Waals surface area contributed by atoms with Crippen LogP contribution in [0.4, 0.5) is 5.82 Å². The molecule has 0 amide bonds. The van der Waals surface area contributed by atoms with Crippen LogP contribution in [0.25, 0.3) is 0 Å². The standard InChI is InChI=1S/C10H10ClN5/c1-7-13-3-2-8(16-7)4-14-10-9(11)5-12-6-15-10/h2-3,5-6H,4H2,1H3,(H,12,14,15). The molecular weight excluding hydrogens is 226 g/mol. The molecular formula is C10H10ClN5. The summed E-state index contributed by atoms with van der Waals surface area (Å²) in [4.78, 5) is 16.1. The van der Waals surface area contributed by atoms with Crippen LogP contribution >= 0.6 is 11.6 Å². The largest absolute Gasteiger partial charge is 0.363 e. The summed E-state index contributed by atoms with van der Waals surface area (Å²) in [5, 5.41) is 3.58. The Morgan fingerprint density at radius 2 is 2.25 bits per heavy atom. The van der Waals surface area contributed by atoms with E-state index >= 15 is 0 Å². The van der Waals surface area contributed by atoms with Crippen molar-refractivity contribution in [2.24, 2.45) is 0 Å². The van der Waals surface area contributed by atoms with Crippen molar-refractivity contribution in [3.63, 3.8) is 0 Å². The average molecular weight is 236 g/mol. The SMILES string of the molecule is Cc1nccc(CNc2ncncc2Cl)n1. The minimum absolute atomic E-state index is 0.494. The third-order valence-electron chi connectivity index (χ3n) is 1.94. The van der Waals surface area contributed by atoms with E-state index in [-0.39, 0.29) is 0 Å². The topological polar surface area (TPSA) is 63.6 Å². The average Bonchev–Trinajstić information content (AvgIpc) is 2.28. The van der Waals surface area contributed by atoms with Gasteiger partial charge in [0.2, 0.25) is 0 Å². The number of nitrogens with zero attached hydrogens (tertiary/aromatic N) is 4. The second-order valence-corrected chi connectivity index (χ2v) is 3.58. The van der Waals surface area contributed by atoms with Gasteiger partial charge in [-0.15, -0.1) is 0 Å². The van der Waals surface area contributed by atoms with Crippen LogP contribution in [0.1, 0.15) is 11.5 Å². The lowest BCUT2D eigenvalue weighted by molar-refractivity contribution is 0.948. The first-order valence-corrected chi connectivity index (χ1v) is 5.11. The highest BCUT2D eigenvalue weighted by Gasteiger charge is 2.01. The molecule has 0 aliphatic carbocycles. The molecule has 5 nitrogen and oxygen atoms in total. The van der Waals surface area contributed by atoms with Crippen LogP contribution in [-0.4, -0.2) is 19.9 Å². The van der Waals surface area contributed by atoms with E-state index in [0.717, 1.165) is 11.5 Å². The first kappa shape index (κ1) is 10.8. The molecule has 2 rings (SSSR count). The first-order chi connectivity index (χ1) is 7.75. The molecule has 0 fully saturated rings. The summed E-state index contributed by atoms with van der Waals surface area (Å²) in [6.45, 7) is 2.40. The van der Waals surface area contributed by atoms with Gasteiger partial charge in [-0.05, 0) is 13.0 Å². The molecule has 0 radical (unpaired) electrons. The molecule has 82 valence electrons. The molecule has 0 aromatic carbocycles. The molecule has 0 aliphatic rings. The van der Waals surface area contributed by atoms with Crippen molar-refractivity contribution in [3.8, 4) is 0 Å². The molecule has 16 heavy (non-hydrogen) atoms. The molecule has 6 heteroatoms. The van der Waals surface area contributed by atoms with Crippen molar-refractivity contribution in [2.45, 2.75) is 13.5 Å². The highest BCUT2D eigenvalue weighted by Crippen LogP contribution is 2.16. The lowest BCUT2D eigenvalue weighted by atomic mass is 10.4. The normalized spacial score (nSPS) is 10.1. The van der Waals surface area contributed by atoms with Gasteiger partial charge in [-0.25, -0.2) is 19.9 Å². The van der Waals surface area contributed by atoms with Gasteiger partial charge in [0.05, 0.1) is 18.4 Å². The summed E-state index contributed by atoms with van der Waals surface area (Å²) < 4.78 is 0. The van der Waals surface area contributed by atoms with Crippen LogP contribution in [0.15, 0.2) is 24.8 Å². The predicted molar refractivity (Wildman–Crippen MR) is 61.1 cm³/mol. The fourth-order valence-corrected chi connectivity index (χ4v) is 1.39. The zero-order chi connectivity index (χ0) is 11.4. The van der Waals surface area contributed by atoms with E-state index < -0.39 is 0 Å². The summed E-state index contributed by atoms with van der Waals surface area (Å²) in [6.07, 6.45) is 4.71. The van der Waals surface area contributed by atoms with Crippen LogP contribution in [0, 0.1) is 6.92 Å². The van der Waals surface area contributed by atoms with Gasteiger partial charge < -0.3 is 5.32 Å². The third-order valence-corrected chi connectivity index (χ3v) is 2.21. The van der Waals surface area contributed by atoms with Crippen LogP contribution in [0.3, 0.4) is 0 Å². The molecule has 2 aromatic rings. The Kier molecular flexibility index (Phi) is 3.26. The number of aromatic nitrogens is 4. The van der Waals surface area contributed by atoms with Gasteiger partial charge in [0.1, 0.15) is 23.0 Å². The quantitative estimate of drug-likeness (QED) is 0.880. The Morgan fingerprint density at radius 1 is 1.38 bits per heavy atom. The molecule has 1 N–H and O–H groups in total. The lowest BCUT2D eigenvalue weighted by Gasteiger charge is -2.06. The second-order valence-electron chi connectivity index (χ2n) is 3.17. The van der Waals surface area contributed by atoms with Crippen molar-refractivity contribution < 1.29 is 0 Å². The minimum Gasteiger partial charge on any atom is -0.363 e. The number of anilines is 1. The van der Waals surface area contributed by atoms with Gasteiger partial charge in [-0.2, -0.15) is 0 Å². The molecule has 0 atom stereocenters. The summed E-state index contributed by atoms with van der Waals surface area (Å²) in [6, 6.07) is 1.84. The molecule has 0 saturated carbocycles. The third kappa shape index (κ3) is 2.64. The number of aryl methyl sites for hydroxylation is 1. The smallest absolute Gasteiger partial charge is 0.148 e. The summed E-state index contributed by atoms with van der Waals surface area (Å²) in [5.74, 6) is 1.35. The van der Waals surface area contributed by atoms with Gasteiger partial charge in [0.25, 0.3) is 0 Å². The summed E-state index contributed by atoms with van der Waals surface area (Å²) in [5.41, 5.74) is 0.891. The predicted octanol–water partition coefficient (Wildman–Crippen LogP) is 1.84. The maximum atomic E-state index is 5.90. The molecule has 0 unspecified atom stereocenters. The van der Waals surface area contributed by atoms with Crippen LogP contribution in [0.5, 0.6) is 0 Å². The maximum Gasteiger partial charge on any atom is 0.148 e. The molecule has 0 bridgehead atoms. The number of nitrogens with one attached hydrogen (secondary N) is 1. The van der Waals surface area contributed by atoms with E-state index in [4.69, 9.17) is 11.6 Å². The Morgan fingerprint density at radius 3 is 3.00 bits per heavy atom. The van der Waals surface area contributed by atoms with Gasteiger partial charge in [-0.3, -0.25) is 0 Å². The maximum absolute atomic E-state index is 5.90. The van der Waals surface area contributed by atoms with E-state index in [1.165, 1.54) is 6.33 Å². The van der Waals surface area contributed by atoms with Crippen LogP contribution in [-0.2, 0) is 6.54 Å². The van der Waals surface area contributed by atoms with Crippen molar-refractivity contribution in [1.29, 1.82) is 0 Å². The summed E-state index contributed by atoms with van der Waals surface area (Å²) >= 11 is 5.90. The lowest BCUT2D eigenvalue weighted by Crippen LogP contribution is -2.05. The van der Waals surface area contributed by atoms with Crippen molar-refractivity contribution in [2.75, 3.05) is 5.32 Å². The van der Waals surface area contributed by atoms with E-state index in [9.17, 15) is 0 Å². The first-order valence-electron chi connectivity index (χ1n) is 4.73.